The van der Waals surface area contributed by atoms with E-state index in [2.05, 4.69) is 10.6 Å². The van der Waals surface area contributed by atoms with Gasteiger partial charge in [0.2, 0.25) is 5.91 Å². The molecular weight excluding hydrogens is 426 g/mol. The third-order valence-electron chi connectivity index (χ3n) is 4.81. The van der Waals surface area contributed by atoms with E-state index in [-0.39, 0.29) is 18.9 Å². The number of rotatable bonds is 9. The third-order valence-corrected chi connectivity index (χ3v) is 4.81. The van der Waals surface area contributed by atoms with Gasteiger partial charge in [-0.25, -0.2) is 14.5 Å². The van der Waals surface area contributed by atoms with Crippen LogP contribution in [0.15, 0.2) is 54.2 Å². The molecule has 9 nitrogen and oxygen atoms in total. The van der Waals surface area contributed by atoms with Crippen LogP contribution in [0.2, 0.25) is 0 Å². The molecule has 1 fully saturated rings. The van der Waals surface area contributed by atoms with Gasteiger partial charge in [-0.1, -0.05) is 43.3 Å². The van der Waals surface area contributed by atoms with E-state index in [1.807, 2.05) is 19.1 Å². The fourth-order valence-electron chi connectivity index (χ4n) is 3.23. The average Bonchev–Trinajstić information content (AvgIpc) is 3.06. The molecule has 2 aromatic carbocycles. The van der Waals surface area contributed by atoms with Gasteiger partial charge in [0, 0.05) is 11.3 Å². The lowest BCUT2D eigenvalue weighted by molar-refractivity contribution is -0.145. The van der Waals surface area contributed by atoms with E-state index in [0.717, 1.165) is 16.9 Å². The second kappa shape index (κ2) is 10.9. The zero-order valence-electron chi connectivity index (χ0n) is 18.4. The Labute approximate surface area is 191 Å². The summed E-state index contributed by atoms with van der Waals surface area (Å²) in [4.78, 5) is 50.0. The molecular formula is C24H25N3O6. The van der Waals surface area contributed by atoms with Gasteiger partial charge >= 0.3 is 12.0 Å². The Morgan fingerprint density at radius 1 is 1.06 bits per heavy atom. The molecule has 0 aromatic heterocycles. The van der Waals surface area contributed by atoms with Crippen LogP contribution in [0, 0.1) is 0 Å². The van der Waals surface area contributed by atoms with Crippen LogP contribution in [-0.4, -0.2) is 48.5 Å². The van der Waals surface area contributed by atoms with E-state index in [1.165, 1.54) is 6.08 Å². The summed E-state index contributed by atoms with van der Waals surface area (Å²) in [5.74, 6) is -1.31. The number of aryl methyl sites for hydroxylation is 1. The lowest BCUT2D eigenvalue weighted by Crippen LogP contribution is -2.38. The summed E-state index contributed by atoms with van der Waals surface area (Å²) in [6.45, 7) is 3.18. The Kier molecular flexibility index (Phi) is 7.80. The minimum atomic E-state index is -0.699. The van der Waals surface area contributed by atoms with E-state index in [4.69, 9.17) is 9.47 Å². The zero-order chi connectivity index (χ0) is 23.8. The number of carbonyl (C=O) groups is 4. The number of anilines is 1. The van der Waals surface area contributed by atoms with Crippen molar-refractivity contribution in [1.82, 2.24) is 10.2 Å². The molecule has 0 saturated carbocycles. The molecule has 3 rings (SSSR count). The number of ether oxygens (including phenoxy) is 2. The Balaban J connectivity index is 1.70. The Hall–Kier alpha value is -4.14. The van der Waals surface area contributed by atoms with E-state index in [0.29, 0.717) is 17.0 Å². The number of nitrogens with zero attached hydrogens (tertiary/aromatic N) is 1. The van der Waals surface area contributed by atoms with Gasteiger partial charge in [-0.2, -0.15) is 0 Å². The average molecular weight is 451 g/mol. The number of esters is 1. The molecule has 0 aliphatic carbocycles. The van der Waals surface area contributed by atoms with Gasteiger partial charge in [-0.05, 0) is 37.1 Å². The van der Waals surface area contributed by atoms with Gasteiger partial charge in [0.05, 0.1) is 6.61 Å². The van der Waals surface area contributed by atoms with E-state index in [9.17, 15) is 19.2 Å². The zero-order valence-corrected chi connectivity index (χ0v) is 18.4. The molecule has 33 heavy (non-hydrogen) atoms. The fraction of sp³-hybridized carbons (Fsp3) is 0.250. The molecule has 4 amide bonds. The van der Waals surface area contributed by atoms with Crippen LogP contribution < -0.4 is 15.4 Å². The maximum atomic E-state index is 12.8. The molecule has 0 radical (unpaired) electrons. The summed E-state index contributed by atoms with van der Waals surface area (Å²) < 4.78 is 10.3. The summed E-state index contributed by atoms with van der Waals surface area (Å²) in [5, 5.41) is 5.22. The normalized spacial score (nSPS) is 14.2. The summed E-state index contributed by atoms with van der Waals surface area (Å²) >= 11 is 0. The minimum Gasteiger partial charge on any atom is -0.481 e. The van der Waals surface area contributed by atoms with Crippen LogP contribution in [0.5, 0.6) is 5.75 Å². The second-order valence-corrected chi connectivity index (χ2v) is 7.07. The quantitative estimate of drug-likeness (QED) is 0.344. The number of para-hydroxylation sites is 2. The highest BCUT2D eigenvalue weighted by Crippen LogP contribution is 2.23. The molecule has 0 bridgehead atoms. The maximum Gasteiger partial charge on any atom is 0.344 e. The number of amides is 4. The predicted molar refractivity (Wildman–Crippen MR) is 121 cm³/mol. The van der Waals surface area contributed by atoms with Crippen molar-refractivity contribution in [2.75, 3.05) is 25.1 Å². The van der Waals surface area contributed by atoms with Crippen molar-refractivity contribution < 1.29 is 28.7 Å². The largest absolute Gasteiger partial charge is 0.481 e. The topological polar surface area (TPSA) is 114 Å². The highest BCUT2D eigenvalue weighted by Gasteiger charge is 2.35. The van der Waals surface area contributed by atoms with Crippen molar-refractivity contribution in [3.63, 3.8) is 0 Å². The molecule has 2 aromatic rings. The molecule has 9 heteroatoms. The predicted octanol–water partition coefficient (Wildman–Crippen LogP) is 2.72. The molecule has 2 N–H and O–H groups in total. The van der Waals surface area contributed by atoms with Crippen molar-refractivity contribution in [1.29, 1.82) is 0 Å². The molecule has 1 aliphatic heterocycles. The highest BCUT2D eigenvalue weighted by molar-refractivity contribution is 6.16. The minimum absolute atomic E-state index is 0.00561. The first-order valence-corrected chi connectivity index (χ1v) is 10.5. The van der Waals surface area contributed by atoms with Crippen molar-refractivity contribution in [3.8, 4) is 5.75 Å². The van der Waals surface area contributed by atoms with Crippen LogP contribution >= 0.6 is 0 Å². The molecule has 0 atom stereocenters. The smallest absolute Gasteiger partial charge is 0.344 e. The summed E-state index contributed by atoms with van der Waals surface area (Å²) in [6.07, 6.45) is 2.16. The molecule has 172 valence electrons. The van der Waals surface area contributed by atoms with Gasteiger partial charge in [0.15, 0.2) is 6.61 Å². The first kappa shape index (κ1) is 23.5. The molecule has 0 unspecified atom stereocenters. The third kappa shape index (κ3) is 5.97. The molecule has 1 saturated heterocycles. The lowest BCUT2D eigenvalue weighted by atomic mass is 10.1. The second-order valence-electron chi connectivity index (χ2n) is 7.07. The number of hydrogen-bond acceptors (Lipinski definition) is 6. The first-order chi connectivity index (χ1) is 15.9. The van der Waals surface area contributed by atoms with Crippen LogP contribution in [-0.2, 0) is 25.5 Å². The van der Waals surface area contributed by atoms with Gasteiger partial charge < -0.3 is 20.1 Å². The number of urea groups is 1. The van der Waals surface area contributed by atoms with Gasteiger partial charge in [-0.15, -0.1) is 0 Å². The van der Waals surface area contributed by atoms with Crippen LogP contribution in [0.1, 0.15) is 25.0 Å². The van der Waals surface area contributed by atoms with Crippen LogP contribution in [0.3, 0.4) is 0 Å². The van der Waals surface area contributed by atoms with Crippen molar-refractivity contribution in [3.05, 3.63) is 65.4 Å². The van der Waals surface area contributed by atoms with Crippen molar-refractivity contribution in [2.24, 2.45) is 0 Å². The van der Waals surface area contributed by atoms with Gasteiger partial charge in [-0.3, -0.25) is 9.59 Å². The summed E-state index contributed by atoms with van der Waals surface area (Å²) in [6, 6.07) is 13.4. The summed E-state index contributed by atoms with van der Waals surface area (Å²) in [5.41, 5.74) is 2.06. The van der Waals surface area contributed by atoms with Crippen LogP contribution in [0.4, 0.5) is 10.5 Å². The Morgan fingerprint density at radius 2 is 1.79 bits per heavy atom. The van der Waals surface area contributed by atoms with Gasteiger partial charge in [0.25, 0.3) is 5.91 Å². The monoisotopic (exact) mass is 451 g/mol. The number of carbonyl (C=O) groups excluding carboxylic acids is 4. The summed E-state index contributed by atoms with van der Waals surface area (Å²) in [7, 11) is 0. The molecule has 1 aliphatic rings. The number of imide groups is 1. The standard InChI is InChI=1S/C24H25N3O6/c1-3-16-9-5-7-11-18(16)25-21(28)14-27-23(30)19(26-24(27)31)13-17-10-6-8-12-20(17)33-15-22(29)32-4-2/h5-13H,3-4,14-15H2,1-2H3,(H,25,28)(H,26,31)/b19-13+. The molecule has 0 spiro atoms. The number of benzene rings is 2. The van der Waals surface area contributed by atoms with E-state index >= 15 is 0 Å². The van der Waals surface area contributed by atoms with E-state index in [1.54, 1.807) is 43.3 Å². The highest BCUT2D eigenvalue weighted by atomic mass is 16.6. The number of nitrogens with one attached hydrogen (secondary N) is 2. The van der Waals surface area contributed by atoms with Crippen LogP contribution in [0.25, 0.3) is 6.08 Å². The lowest BCUT2D eigenvalue weighted by Gasteiger charge is -2.13. The van der Waals surface area contributed by atoms with Crippen molar-refractivity contribution >= 4 is 35.6 Å². The first-order valence-electron chi connectivity index (χ1n) is 10.5. The Bertz CT molecular complexity index is 1100. The maximum absolute atomic E-state index is 12.8. The van der Waals surface area contributed by atoms with Crippen molar-refractivity contribution in [2.45, 2.75) is 20.3 Å². The van der Waals surface area contributed by atoms with E-state index < -0.39 is 30.4 Å². The Morgan fingerprint density at radius 3 is 2.55 bits per heavy atom. The van der Waals surface area contributed by atoms with Gasteiger partial charge in [0.1, 0.15) is 18.0 Å². The molecule has 1 heterocycles. The number of hydrogen-bond donors (Lipinski definition) is 2. The SMILES string of the molecule is CCOC(=O)COc1ccccc1/C=C1/NC(=O)N(CC(=O)Nc2ccccc2CC)C1=O. The fourth-order valence-corrected chi connectivity index (χ4v) is 3.23.